The molecule has 88 valence electrons. The number of hydrogen-bond acceptors (Lipinski definition) is 3. The van der Waals surface area contributed by atoms with Crippen LogP contribution >= 0.6 is 0 Å². The summed E-state index contributed by atoms with van der Waals surface area (Å²) in [7, 11) is 3.57. The lowest BCUT2D eigenvalue weighted by atomic mass is 10.1. The number of rotatable bonds is 6. The van der Waals surface area contributed by atoms with Crippen LogP contribution in [0.1, 0.15) is 18.5 Å². The minimum Gasteiger partial charge on any atom is -0.497 e. The number of benzene rings is 1. The van der Waals surface area contributed by atoms with Crippen LogP contribution in [0.5, 0.6) is 11.5 Å². The van der Waals surface area contributed by atoms with Gasteiger partial charge in [-0.05, 0) is 20.0 Å². The summed E-state index contributed by atoms with van der Waals surface area (Å²) in [6.45, 7) is 6.22. The lowest BCUT2D eigenvalue weighted by Gasteiger charge is -2.16. The van der Waals surface area contributed by atoms with Crippen LogP contribution in [0.4, 0.5) is 0 Å². The molecule has 1 atom stereocenters. The fourth-order valence-corrected chi connectivity index (χ4v) is 1.43. The van der Waals surface area contributed by atoms with Crippen molar-refractivity contribution in [2.24, 2.45) is 0 Å². The summed E-state index contributed by atoms with van der Waals surface area (Å²) in [6.07, 6.45) is 1.73. The molecule has 0 aromatic heterocycles. The van der Waals surface area contributed by atoms with Crippen molar-refractivity contribution in [2.45, 2.75) is 13.0 Å². The molecule has 1 N–H and O–H groups in total. The molecule has 1 rings (SSSR count). The number of hydrogen-bond donors (Lipinski definition) is 1. The topological polar surface area (TPSA) is 30.5 Å². The summed E-state index contributed by atoms with van der Waals surface area (Å²) >= 11 is 0. The van der Waals surface area contributed by atoms with Crippen LogP contribution in [-0.2, 0) is 0 Å². The Morgan fingerprint density at radius 2 is 2.25 bits per heavy atom. The fraction of sp³-hybridized carbons (Fsp3) is 0.385. The van der Waals surface area contributed by atoms with Crippen LogP contribution in [0.25, 0.3) is 0 Å². The van der Waals surface area contributed by atoms with E-state index < -0.39 is 0 Å². The highest BCUT2D eigenvalue weighted by molar-refractivity contribution is 5.42. The molecule has 3 heteroatoms. The van der Waals surface area contributed by atoms with E-state index in [2.05, 4.69) is 18.8 Å². The molecule has 1 aromatic rings. The van der Waals surface area contributed by atoms with Crippen molar-refractivity contribution in [1.82, 2.24) is 5.32 Å². The summed E-state index contributed by atoms with van der Waals surface area (Å²) in [5.41, 5.74) is 1.12. The van der Waals surface area contributed by atoms with Gasteiger partial charge >= 0.3 is 0 Å². The van der Waals surface area contributed by atoms with Crippen molar-refractivity contribution in [3.63, 3.8) is 0 Å². The first-order valence-electron chi connectivity index (χ1n) is 5.31. The van der Waals surface area contributed by atoms with Gasteiger partial charge in [0.2, 0.25) is 0 Å². The average Bonchev–Trinajstić information content (AvgIpc) is 2.34. The first kappa shape index (κ1) is 12.6. The van der Waals surface area contributed by atoms with E-state index in [4.69, 9.17) is 9.47 Å². The fourth-order valence-electron chi connectivity index (χ4n) is 1.43. The van der Waals surface area contributed by atoms with Crippen LogP contribution < -0.4 is 14.8 Å². The monoisotopic (exact) mass is 221 g/mol. The molecule has 0 fully saturated rings. The van der Waals surface area contributed by atoms with Crippen LogP contribution in [0.3, 0.4) is 0 Å². The van der Waals surface area contributed by atoms with Gasteiger partial charge in [-0.3, -0.25) is 0 Å². The van der Waals surface area contributed by atoms with E-state index in [9.17, 15) is 0 Å². The molecule has 0 aliphatic carbocycles. The van der Waals surface area contributed by atoms with Gasteiger partial charge in [-0.2, -0.15) is 0 Å². The Hall–Kier alpha value is -1.48. The normalized spacial score (nSPS) is 11.9. The van der Waals surface area contributed by atoms with Crippen molar-refractivity contribution in [1.29, 1.82) is 0 Å². The lowest BCUT2D eigenvalue weighted by Crippen LogP contribution is -2.13. The standard InChI is InChI=1S/C13H19NO2/c1-5-8-16-13-9-11(15-4)6-7-12(13)10(2)14-3/h5-7,9-10,14H,1,8H2,2-4H3. The second kappa shape index (κ2) is 6.18. The maximum absolute atomic E-state index is 5.61. The highest BCUT2D eigenvalue weighted by Crippen LogP contribution is 2.29. The lowest BCUT2D eigenvalue weighted by molar-refractivity contribution is 0.349. The molecular weight excluding hydrogens is 202 g/mol. The number of methoxy groups -OCH3 is 1. The maximum Gasteiger partial charge on any atom is 0.128 e. The third kappa shape index (κ3) is 3.00. The summed E-state index contributed by atoms with van der Waals surface area (Å²) in [6, 6.07) is 6.08. The summed E-state index contributed by atoms with van der Waals surface area (Å²) < 4.78 is 10.8. The van der Waals surface area contributed by atoms with Gasteiger partial charge in [-0.1, -0.05) is 18.7 Å². The Morgan fingerprint density at radius 3 is 2.81 bits per heavy atom. The van der Waals surface area contributed by atoms with Crippen molar-refractivity contribution < 1.29 is 9.47 Å². The van der Waals surface area contributed by atoms with Gasteiger partial charge in [-0.25, -0.2) is 0 Å². The molecule has 3 nitrogen and oxygen atoms in total. The smallest absolute Gasteiger partial charge is 0.128 e. The largest absolute Gasteiger partial charge is 0.497 e. The van der Waals surface area contributed by atoms with E-state index in [0.717, 1.165) is 17.1 Å². The molecule has 0 saturated heterocycles. The minimum absolute atomic E-state index is 0.241. The van der Waals surface area contributed by atoms with Gasteiger partial charge in [0.15, 0.2) is 0 Å². The summed E-state index contributed by atoms with van der Waals surface area (Å²) in [5, 5.41) is 3.19. The van der Waals surface area contributed by atoms with E-state index in [1.165, 1.54) is 0 Å². The van der Waals surface area contributed by atoms with Crippen molar-refractivity contribution in [3.8, 4) is 11.5 Å². The Kier molecular flexibility index (Phi) is 4.86. The zero-order chi connectivity index (χ0) is 12.0. The van der Waals surface area contributed by atoms with Gasteiger partial charge in [0, 0.05) is 17.7 Å². The van der Waals surface area contributed by atoms with E-state index in [-0.39, 0.29) is 6.04 Å². The zero-order valence-corrected chi connectivity index (χ0v) is 10.1. The van der Waals surface area contributed by atoms with Gasteiger partial charge in [0.05, 0.1) is 7.11 Å². The van der Waals surface area contributed by atoms with E-state index in [0.29, 0.717) is 6.61 Å². The second-order valence-corrected chi connectivity index (χ2v) is 3.51. The van der Waals surface area contributed by atoms with Crippen molar-refractivity contribution >= 4 is 0 Å². The highest BCUT2D eigenvalue weighted by Gasteiger charge is 2.10. The number of ether oxygens (including phenoxy) is 2. The first-order chi connectivity index (χ1) is 7.72. The van der Waals surface area contributed by atoms with Crippen LogP contribution in [-0.4, -0.2) is 20.8 Å². The predicted molar refractivity (Wildman–Crippen MR) is 66.2 cm³/mol. The molecule has 0 bridgehead atoms. The Bertz CT molecular complexity index is 350. The van der Waals surface area contributed by atoms with Gasteiger partial charge in [0.1, 0.15) is 18.1 Å². The van der Waals surface area contributed by atoms with E-state index in [1.54, 1.807) is 13.2 Å². The molecule has 0 radical (unpaired) electrons. The molecular formula is C13H19NO2. The summed E-state index contributed by atoms with van der Waals surface area (Å²) in [5.74, 6) is 1.63. The Labute approximate surface area is 97.1 Å². The average molecular weight is 221 g/mol. The molecule has 0 aliphatic rings. The Morgan fingerprint density at radius 1 is 1.50 bits per heavy atom. The molecule has 0 amide bonds. The minimum atomic E-state index is 0.241. The van der Waals surface area contributed by atoms with Gasteiger partial charge in [0.25, 0.3) is 0 Å². The third-order valence-electron chi connectivity index (χ3n) is 2.48. The van der Waals surface area contributed by atoms with E-state index in [1.807, 2.05) is 25.2 Å². The zero-order valence-electron chi connectivity index (χ0n) is 10.1. The quantitative estimate of drug-likeness (QED) is 0.749. The predicted octanol–water partition coefficient (Wildman–Crippen LogP) is 2.54. The molecule has 0 heterocycles. The van der Waals surface area contributed by atoms with Crippen LogP contribution in [0.15, 0.2) is 30.9 Å². The number of nitrogens with one attached hydrogen (secondary N) is 1. The van der Waals surface area contributed by atoms with Crippen molar-refractivity contribution in [2.75, 3.05) is 20.8 Å². The second-order valence-electron chi connectivity index (χ2n) is 3.51. The summed E-state index contributed by atoms with van der Waals surface area (Å²) in [4.78, 5) is 0. The molecule has 1 aromatic carbocycles. The van der Waals surface area contributed by atoms with Gasteiger partial charge < -0.3 is 14.8 Å². The first-order valence-corrected chi connectivity index (χ1v) is 5.31. The third-order valence-corrected chi connectivity index (χ3v) is 2.48. The molecule has 0 spiro atoms. The van der Waals surface area contributed by atoms with Gasteiger partial charge in [-0.15, -0.1) is 0 Å². The SMILES string of the molecule is C=CCOc1cc(OC)ccc1C(C)NC. The molecule has 0 aliphatic heterocycles. The molecule has 0 saturated carbocycles. The van der Waals surface area contributed by atoms with E-state index >= 15 is 0 Å². The van der Waals surface area contributed by atoms with Crippen molar-refractivity contribution in [3.05, 3.63) is 36.4 Å². The maximum atomic E-state index is 5.61. The van der Waals surface area contributed by atoms with Crippen LogP contribution in [0, 0.1) is 0 Å². The van der Waals surface area contributed by atoms with Crippen LogP contribution in [0.2, 0.25) is 0 Å². The highest BCUT2D eigenvalue weighted by atomic mass is 16.5. The molecule has 16 heavy (non-hydrogen) atoms. The molecule has 1 unspecified atom stereocenters. The Balaban J connectivity index is 3.00.